The van der Waals surface area contributed by atoms with Crippen LogP contribution in [0.25, 0.3) is 22.5 Å². The molecule has 2 aliphatic rings. The van der Waals surface area contributed by atoms with Gasteiger partial charge in [-0.1, -0.05) is 23.4 Å². The highest BCUT2D eigenvalue weighted by atomic mass is 16.5. The summed E-state index contributed by atoms with van der Waals surface area (Å²) in [6, 6.07) is 9.81. The number of aryl methyl sites for hydroxylation is 1. The van der Waals surface area contributed by atoms with Crippen molar-refractivity contribution >= 4 is 0 Å². The summed E-state index contributed by atoms with van der Waals surface area (Å²) in [7, 11) is 2.14. The smallest absolute Gasteiger partial charge is 0.178 e. The van der Waals surface area contributed by atoms with Crippen molar-refractivity contribution in [2.45, 2.75) is 38.6 Å². The van der Waals surface area contributed by atoms with Crippen LogP contribution in [-0.4, -0.2) is 33.9 Å². The zero-order valence-electron chi connectivity index (χ0n) is 16.2. The first-order valence-corrected chi connectivity index (χ1v) is 9.84. The average Bonchev–Trinajstić information content (AvgIpc) is 3.44. The molecule has 0 bridgehead atoms. The minimum absolute atomic E-state index is 0.0129. The molecular formula is C23H24N2O3. The third-order valence-corrected chi connectivity index (χ3v) is 5.97. The monoisotopic (exact) mass is 376 g/mol. The maximum Gasteiger partial charge on any atom is 0.178 e. The molecule has 0 spiro atoms. The number of nitrogens with zero attached hydrogens (tertiary/aromatic N) is 2. The summed E-state index contributed by atoms with van der Waals surface area (Å²) in [5, 5.41) is 24.9. The lowest BCUT2D eigenvalue weighted by atomic mass is 9.92. The van der Waals surface area contributed by atoms with Gasteiger partial charge in [0, 0.05) is 19.2 Å². The van der Waals surface area contributed by atoms with Crippen molar-refractivity contribution in [2.75, 3.05) is 13.6 Å². The zero-order valence-corrected chi connectivity index (χ0v) is 16.2. The molecule has 0 radical (unpaired) electrons. The van der Waals surface area contributed by atoms with Crippen molar-refractivity contribution in [2.24, 2.45) is 0 Å². The van der Waals surface area contributed by atoms with E-state index in [0.29, 0.717) is 17.2 Å². The Balaban J connectivity index is 1.63. The molecule has 1 aliphatic carbocycles. The highest BCUT2D eigenvalue weighted by Gasteiger charge is 2.29. The molecule has 5 nitrogen and oxygen atoms in total. The van der Waals surface area contributed by atoms with Crippen LogP contribution in [0.3, 0.4) is 0 Å². The van der Waals surface area contributed by atoms with Crippen molar-refractivity contribution in [1.29, 1.82) is 0 Å². The number of phenolic OH excluding ortho intramolecular Hbond substituents is 2. The van der Waals surface area contributed by atoms with E-state index in [0.717, 1.165) is 54.7 Å². The van der Waals surface area contributed by atoms with Gasteiger partial charge < -0.3 is 19.6 Å². The maximum atomic E-state index is 10.5. The van der Waals surface area contributed by atoms with Crippen molar-refractivity contribution in [3.05, 3.63) is 52.7 Å². The summed E-state index contributed by atoms with van der Waals surface area (Å²) in [6.07, 6.45) is 3.16. The third-order valence-electron chi connectivity index (χ3n) is 5.97. The summed E-state index contributed by atoms with van der Waals surface area (Å²) in [6.45, 7) is 3.94. The molecular weight excluding hydrogens is 352 g/mol. The second kappa shape index (κ2) is 6.38. The van der Waals surface area contributed by atoms with E-state index in [9.17, 15) is 10.2 Å². The minimum Gasteiger partial charge on any atom is -0.508 e. The third kappa shape index (κ3) is 2.87. The van der Waals surface area contributed by atoms with Gasteiger partial charge in [0.2, 0.25) is 0 Å². The Bertz CT molecular complexity index is 1070. The molecule has 0 unspecified atom stereocenters. The predicted octanol–water partition coefficient (Wildman–Crippen LogP) is 4.59. The molecule has 3 aromatic rings. The first kappa shape index (κ1) is 17.3. The van der Waals surface area contributed by atoms with E-state index in [-0.39, 0.29) is 11.5 Å². The van der Waals surface area contributed by atoms with Crippen LogP contribution in [0.5, 0.6) is 11.5 Å². The van der Waals surface area contributed by atoms with Crippen LogP contribution in [0.4, 0.5) is 0 Å². The maximum absolute atomic E-state index is 10.5. The lowest BCUT2D eigenvalue weighted by Gasteiger charge is -2.25. The Labute approximate surface area is 164 Å². The van der Waals surface area contributed by atoms with E-state index in [1.165, 1.54) is 17.2 Å². The normalized spacial score (nSPS) is 16.9. The fourth-order valence-corrected chi connectivity index (χ4v) is 4.24. The van der Waals surface area contributed by atoms with Gasteiger partial charge in [-0.2, -0.15) is 0 Å². The zero-order chi connectivity index (χ0) is 19.4. The number of benzene rings is 2. The number of aromatic nitrogens is 1. The van der Waals surface area contributed by atoms with Crippen molar-refractivity contribution in [1.82, 2.24) is 10.1 Å². The number of fused-ring (bicyclic) bond motifs is 1. The molecule has 2 heterocycles. The Morgan fingerprint density at radius 2 is 1.89 bits per heavy atom. The molecule has 0 saturated heterocycles. The van der Waals surface area contributed by atoms with E-state index in [1.54, 1.807) is 0 Å². The van der Waals surface area contributed by atoms with Crippen molar-refractivity contribution in [3.63, 3.8) is 0 Å². The molecule has 0 amide bonds. The van der Waals surface area contributed by atoms with Crippen LogP contribution in [0, 0.1) is 6.92 Å². The van der Waals surface area contributed by atoms with Gasteiger partial charge in [-0.15, -0.1) is 0 Å². The molecule has 5 heteroatoms. The largest absolute Gasteiger partial charge is 0.508 e. The van der Waals surface area contributed by atoms with Crippen LogP contribution in [-0.2, 0) is 13.0 Å². The molecule has 28 heavy (non-hydrogen) atoms. The fourth-order valence-electron chi connectivity index (χ4n) is 4.24. The van der Waals surface area contributed by atoms with Gasteiger partial charge in [-0.05, 0) is 67.5 Å². The van der Waals surface area contributed by atoms with E-state index >= 15 is 0 Å². The van der Waals surface area contributed by atoms with Crippen molar-refractivity contribution < 1.29 is 14.7 Å². The number of phenols is 2. The van der Waals surface area contributed by atoms with Gasteiger partial charge in [0.05, 0.1) is 16.8 Å². The molecule has 2 aromatic carbocycles. The van der Waals surface area contributed by atoms with Gasteiger partial charge in [-0.25, -0.2) is 0 Å². The van der Waals surface area contributed by atoms with E-state index < -0.39 is 0 Å². The van der Waals surface area contributed by atoms with Crippen LogP contribution in [0.1, 0.15) is 41.1 Å². The second-order valence-electron chi connectivity index (χ2n) is 8.15. The van der Waals surface area contributed by atoms with Gasteiger partial charge in [0.1, 0.15) is 11.5 Å². The first-order chi connectivity index (χ1) is 13.5. The Morgan fingerprint density at radius 1 is 1.07 bits per heavy atom. The highest BCUT2D eigenvalue weighted by Crippen LogP contribution is 2.49. The molecule has 0 atom stereocenters. The predicted molar refractivity (Wildman–Crippen MR) is 107 cm³/mol. The lowest BCUT2D eigenvalue weighted by Crippen LogP contribution is -2.26. The number of likely N-dealkylation sites (N-methyl/N-ethyl adjacent to an activating group) is 1. The van der Waals surface area contributed by atoms with E-state index in [4.69, 9.17) is 4.52 Å². The van der Waals surface area contributed by atoms with Gasteiger partial charge in [0.15, 0.2) is 5.76 Å². The fraction of sp³-hybridized carbons (Fsp3) is 0.348. The minimum atomic E-state index is 0.0129. The van der Waals surface area contributed by atoms with Crippen molar-refractivity contribution in [3.8, 4) is 33.9 Å². The highest BCUT2D eigenvalue weighted by molar-refractivity contribution is 5.84. The Kier molecular flexibility index (Phi) is 3.95. The molecule has 1 aliphatic heterocycles. The SMILES string of the molecule is Cc1noc(-c2cc(C3CC3)c(O)cc2O)c1-c1ccc2c(c1)CCN(C)C2. The van der Waals surface area contributed by atoms with Crippen LogP contribution < -0.4 is 0 Å². The molecule has 144 valence electrons. The molecule has 1 aromatic heterocycles. The van der Waals surface area contributed by atoms with Crippen LogP contribution in [0.2, 0.25) is 0 Å². The molecule has 1 fully saturated rings. The molecule has 5 rings (SSSR count). The summed E-state index contributed by atoms with van der Waals surface area (Å²) in [5.74, 6) is 1.09. The lowest BCUT2D eigenvalue weighted by molar-refractivity contribution is 0.313. The summed E-state index contributed by atoms with van der Waals surface area (Å²) >= 11 is 0. The Hall–Kier alpha value is -2.79. The van der Waals surface area contributed by atoms with E-state index in [1.807, 2.05) is 13.0 Å². The summed E-state index contributed by atoms with van der Waals surface area (Å²) in [4.78, 5) is 2.33. The van der Waals surface area contributed by atoms with Gasteiger partial charge in [0.25, 0.3) is 0 Å². The van der Waals surface area contributed by atoms with Crippen LogP contribution >= 0.6 is 0 Å². The number of hydrogen-bond donors (Lipinski definition) is 2. The second-order valence-corrected chi connectivity index (χ2v) is 8.15. The standard InChI is InChI=1S/C23H24N2O3/c1-13-22(16-5-6-17-12-25(2)8-7-15(17)9-16)23(28-24-13)19-10-18(14-3-4-14)20(26)11-21(19)27/h5-6,9-11,14,26-27H,3-4,7-8,12H2,1-2H3. The quantitative estimate of drug-likeness (QED) is 0.699. The topological polar surface area (TPSA) is 69.7 Å². The van der Waals surface area contributed by atoms with Gasteiger partial charge >= 0.3 is 0 Å². The number of rotatable bonds is 3. The Morgan fingerprint density at radius 3 is 2.68 bits per heavy atom. The summed E-state index contributed by atoms with van der Waals surface area (Å²) < 4.78 is 5.67. The van der Waals surface area contributed by atoms with Crippen LogP contribution in [0.15, 0.2) is 34.9 Å². The average molecular weight is 376 g/mol. The molecule has 2 N–H and O–H groups in total. The van der Waals surface area contributed by atoms with Gasteiger partial charge in [-0.3, -0.25) is 0 Å². The molecule has 1 saturated carbocycles. The number of aromatic hydroxyl groups is 2. The number of hydrogen-bond acceptors (Lipinski definition) is 5. The first-order valence-electron chi connectivity index (χ1n) is 9.84. The van der Waals surface area contributed by atoms with E-state index in [2.05, 4.69) is 35.3 Å². The summed E-state index contributed by atoms with van der Waals surface area (Å²) in [5.41, 5.74) is 6.94.